The molecule has 114 valence electrons. The van der Waals surface area contributed by atoms with Gasteiger partial charge in [-0.05, 0) is 19.1 Å². The van der Waals surface area contributed by atoms with E-state index in [-0.39, 0.29) is 18.2 Å². The molecule has 3 N–H and O–H groups in total. The highest BCUT2D eigenvalue weighted by molar-refractivity contribution is 5.95. The van der Waals surface area contributed by atoms with Crippen molar-refractivity contribution in [3.63, 3.8) is 0 Å². The Kier molecular flexibility index (Phi) is 5.30. The Hall–Kier alpha value is -1.92. The van der Waals surface area contributed by atoms with Crippen molar-refractivity contribution >= 4 is 17.5 Å². The van der Waals surface area contributed by atoms with Crippen molar-refractivity contribution in [2.75, 3.05) is 31.6 Å². The van der Waals surface area contributed by atoms with Gasteiger partial charge in [0.2, 0.25) is 5.91 Å². The largest absolute Gasteiger partial charge is 0.366 e. The lowest BCUT2D eigenvalue weighted by Gasteiger charge is -2.31. The van der Waals surface area contributed by atoms with Gasteiger partial charge >= 0.3 is 0 Å². The number of anilines is 1. The van der Waals surface area contributed by atoms with E-state index < -0.39 is 6.10 Å². The number of carbonyl (C=O) groups is 2. The Bertz CT molecular complexity index is 499. The summed E-state index contributed by atoms with van der Waals surface area (Å²) in [6.07, 6.45) is -0.691. The minimum absolute atomic E-state index is 0.0216. The van der Waals surface area contributed by atoms with Crippen LogP contribution in [-0.4, -0.2) is 49.1 Å². The van der Waals surface area contributed by atoms with Crippen LogP contribution in [0.4, 0.5) is 5.69 Å². The van der Waals surface area contributed by atoms with Gasteiger partial charge in [-0.25, -0.2) is 0 Å². The minimum Gasteiger partial charge on any atom is -0.366 e. The molecule has 6 heteroatoms. The monoisotopic (exact) mass is 291 g/mol. The number of aryl methyl sites for hydroxylation is 1. The highest BCUT2D eigenvalue weighted by Crippen LogP contribution is 2.13. The van der Waals surface area contributed by atoms with Gasteiger partial charge in [0.25, 0.3) is 5.91 Å². The van der Waals surface area contributed by atoms with Gasteiger partial charge in [-0.3, -0.25) is 9.59 Å². The van der Waals surface area contributed by atoms with Gasteiger partial charge in [0.05, 0.1) is 13.0 Å². The average molecular weight is 291 g/mol. The van der Waals surface area contributed by atoms with Crippen LogP contribution in [0.3, 0.4) is 0 Å². The number of hydrogen-bond acceptors (Lipinski definition) is 4. The van der Waals surface area contributed by atoms with Crippen molar-refractivity contribution in [1.82, 2.24) is 4.90 Å². The molecule has 0 radical (unpaired) electrons. The summed E-state index contributed by atoms with van der Waals surface area (Å²) in [6, 6.07) is 7.50. The van der Waals surface area contributed by atoms with E-state index in [1.807, 2.05) is 31.2 Å². The molecule has 1 aliphatic rings. The molecule has 0 saturated carbocycles. The third kappa shape index (κ3) is 4.27. The van der Waals surface area contributed by atoms with Crippen LogP contribution in [0.5, 0.6) is 0 Å². The standard InChI is InChI=1S/C15H21N3O3/c1-11-2-4-12(5-3-11)17-14(19)10-13-15(20)18(7-6-16)8-9-21-13/h2-5,13H,6-10,16H2,1H3,(H,17,19). The molecule has 1 aromatic rings. The molecule has 1 heterocycles. The second kappa shape index (κ2) is 7.19. The van der Waals surface area contributed by atoms with Gasteiger partial charge in [0, 0.05) is 25.3 Å². The van der Waals surface area contributed by atoms with Crippen molar-refractivity contribution in [2.24, 2.45) is 5.73 Å². The molecule has 0 aliphatic carbocycles. The first-order chi connectivity index (χ1) is 10.1. The maximum Gasteiger partial charge on any atom is 0.252 e. The zero-order valence-electron chi connectivity index (χ0n) is 12.2. The van der Waals surface area contributed by atoms with Crippen LogP contribution >= 0.6 is 0 Å². The number of nitrogens with zero attached hydrogens (tertiary/aromatic N) is 1. The van der Waals surface area contributed by atoms with Crippen LogP contribution in [0, 0.1) is 6.92 Å². The van der Waals surface area contributed by atoms with E-state index >= 15 is 0 Å². The Morgan fingerprint density at radius 3 is 2.81 bits per heavy atom. The summed E-state index contributed by atoms with van der Waals surface area (Å²) in [4.78, 5) is 25.7. The average Bonchev–Trinajstić information content (AvgIpc) is 2.46. The first-order valence-corrected chi connectivity index (χ1v) is 7.07. The molecule has 1 saturated heterocycles. The van der Waals surface area contributed by atoms with E-state index in [9.17, 15) is 9.59 Å². The number of hydrogen-bond donors (Lipinski definition) is 2. The molecule has 21 heavy (non-hydrogen) atoms. The predicted octanol–water partition coefficient (Wildman–Crippen LogP) is 0.510. The lowest BCUT2D eigenvalue weighted by Crippen LogP contribution is -2.50. The van der Waals surface area contributed by atoms with Crippen molar-refractivity contribution < 1.29 is 14.3 Å². The van der Waals surface area contributed by atoms with Gasteiger partial charge in [-0.2, -0.15) is 0 Å². The Morgan fingerprint density at radius 1 is 1.43 bits per heavy atom. The van der Waals surface area contributed by atoms with E-state index in [1.54, 1.807) is 4.90 Å². The molecular weight excluding hydrogens is 270 g/mol. The summed E-state index contributed by atoms with van der Waals surface area (Å²) < 4.78 is 5.40. The van der Waals surface area contributed by atoms with Crippen molar-refractivity contribution in [3.8, 4) is 0 Å². The fourth-order valence-corrected chi connectivity index (χ4v) is 2.23. The van der Waals surface area contributed by atoms with Crippen molar-refractivity contribution in [2.45, 2.75) is 19.4 Å². The molecule has 1 unspecified atom stereocenters. The minimum atomic E-state index is -0.712. The first kappa shape index (κ1) is 15.5. The second-order valence-corrected chi connectivity index (χ2v) is 5.09. The number of nitrogens with one attached hydrogen (secondary N) is 1. The van der Waals surface area contributed by atoms with Gasteiger partial charge in [-0.1, -0.05) is 17.7 Å². The predicted molar refractivity (Wildman–Crippen MR) is 79.8 cm³/mol. The summed E-state index contributed by atoms with van der Waals surface area (Å²) in [5.74, 6) is -0.391. The van der Waals surface area contributed by atoms with E-state index in [2.05, 4.69) is 5.32 Å². The second-order valence-electron chi connectivity index (χ2n) is 5.09. The fraction of sp³-hybridized carbons (Fsp3) is 0.467. The Balaban J connectivity index is 1.89. The van der Waals surface area contributed by atoms with Gasteiger partial charge in [0.15, 0.2) is 0 Å². The SMILES string of the molecule is Cc1ccc(NC(=O)CC2OCCN(CCN)C2=O)cc1. The van der Waals surface area contributed by atoms with Gasteiger partial charge < -0.3 is 20.7 Å². The zero-order valence-corrected chi connectivity index (χ0v) is 12.2. The van der Waals surface area contributed by atoms with Crippen LogP contribution in [0.1, 0.15) is 12.0 Å². The highest BCUT2D eigenvalue weighted by Gasteiger charge is 2.30. The number of benzene rings is 1. The first-order valence-electron chi connectivity index (χ1n) is 7.07. The van der Waals surface area contributed by atoms with E-state index in [1.165, 1.54) is 0 Å². The summed E-state index contributed by atoms with van der Waals surface area (Å²) >= 11 is 0. The molecule has 0 aromatic heterocycles. The van der Waals surface area contributed by atoms with Gasteiger partial charge in [0.1, 0.15) is 6.10 Å². The molecule has 1 aliphatic heterocycles. The lowest BCUT2D eigenvalue weighted by atomic mass is 10.1. The summed E-state index contributed by atoms with van der Waals surface area (Å²) in [7, 11) is 0. The number of amides is 2. The topological polar surface area (TPSA) is 84.7 Å². The molecule has 0 spiro atoms. The van der Waals surface area contributed by atoms with E-state index in [0.29, 0.717) is 31.9 Å². The summed E-state index contributed by atoms with van der Waals surface area (Å²) in [5.41, 5.74) is 7.31. The van der Waals surface area contributed by atoms with Crippen LogP contribution < -0.4 is 11.1 Å². The summed E-state index contributed by atoms with van der Waals surface area (Å²) in [6.45, 7) is 3.86. The molecule has 1 aromatic carbocycles. The lowest BCUT2D eigenvalue weighted by molar-refractivity contribution is -0.154. The van der Waals surface area contributed by atoms with Crippen LogP contribution in [0.2, 0.25) is 0 Å². The molecule has 2 rings (SSSR count). The van der Waals surface area contributed by atoms with Gasteiger partial charge in [-0.15, -0.1) is 0 Å². The number of ether oxygens (including phenoxy) is 1. The highest BCUT2D eigenvalue weighted by atomic mass is 16.5. The summed E-state index contributed by atoms with van der Waals surface area (Å²) in [5, 5.41) is 2.77. The van der Waals surface area contributed by atoms with Crippen molar-refractivity contribution in [3.05, 3.63) is 29.8 Å². The number of rotatable bonds is 5. The number of carbonyl (C=O) groups excluding carboxylic acids is 2. The van der Waals surface area contributed by atoms with E-state index in [0.717, 1.165) is 5.56 Å². The maximum absolute atomic E-state index is 12.1. The van der Waals surface area contributed by atoms with Crippen LogP contribution in [0.15, 0.2) is 24.3 Å². The molecule has 2 amide bonds. The zero-order chi connectivity index (χ0) is 15.2. The van der Waals surface area contributed by atoms with Crippen LogP contribution in [0.25, 0.3) is 0 Å². The van der Waals surface area contributed by atoms with Crippen molar-refractivity contribution in [1.29, 1.82) is 0 Å². The molecule has 1 fully saturated rings. The molecule has 0 bridgehead atoms. The molecule has 6 nitrogen and oxygen atoms in total. The third-order valence-corrected chi connectivity index (χ3v) is 3.37. The normalized spacial score (nSPS) is 18.7. The third-order valence-electron chi connectivity index (χ3n) is 3.37. The Morgan fingerprint density at radius 2 is 2.14 bits per heavy atom. The van der Waals surface area contributed by atoms with E-state index in [4.69, 9.17) is 10.5 Å². The smallest absolute Gasteiger partial charge is 0.252 e. The number of nitrogens with two attached hydrogens (primary N) is 1. The number of morpholine rings is 1. The molecular formula is C15H21N3O3. The molecule has 1 atom stereocenters. The maximum atomic E-state index is 12.1. The van der Waals surface area contributed by atoms with Crippen LogP contribution in [-0.2, 0) is 14.3 Å². The quantitative estimate of drug-likeness (QED) is 0.828. The fourth-order valence-electron chi connectivity index (χ4n) is 2.23. The Labute approximate surface area is 124 Å².